The van der Waals surface area contributed by atoms with E-state index in [0.717, 1.165) is 11.3 Å². The molecule has 10 heteroatoms. The maximum absolute atomic E-state index is 12.7. The first kappa shape index (κ1) is 25.0. The molecule has 1 atom stereocenters. The summed E-state index contributed by atoms with van der Waals surface area (Å²) in [5, 5.41) is 24.4. The van der Waals surface area contributed by atoms with Crippen molar-refractivity contribution < 1.29 is 19.4 Å². The number of hydrogen-bond acceptors (Lipinski definition) is 7. The van der Waals surface area contributed by atoms with Crippen molar-refractivity contribution in [2.45, 2.75) is 24.7 Å². The summed E-state index contributed by atoms with van der Waals surface area (Å²) in [7, 11) is 1.55. The second-order valence-electron chi connectivity index (χ2n) is 7.38. The number of benzene rings is 2. The molecule has 0 saturated heterocycles. The fourth-order valence-electron chi connectivity index (χ4n) is 3.19. The Labute approximate surface area is 202 Å². The lowest BCUT2D eigenvalue weighted by atomic mass is 10.2. The molecule has 1 aromatic heterocycles. The van der Waals surface area contributed by atoms with E-state index >= 15 is 0 Å². The van der Waals surface area contributed by atoms with Gasteiger partial charge < -0.3 is 25.0 Å². The van der Waals surface area contributed by atoms with E-state index in [1.807, 2.05) is 31.2 Å². The lowest BCUT2D eigenvalue weighted by Gasteiger charge is -2.17. The maximum Gasteiger partial charge on any atom is 0.251 e. The summed E-state index contributed by atoms with van der Waals surface area (Å²) in [4.78, 5) is 25.1. The molecule has 0 unspecified atom stereocenters. The van der Waals surface area contributed by atoms with Crippen molar-refractivity contribution in [2.24, 2.45) is 0 Å². The zero-order valence-electron chi connectivity index (χ0n) is 19.0. The number of allylic oxidation sites excluding steroid dienone is 1. The van der Waals surface area contributed by atoms with Gasteiger partial charge in [-0.25, -0.2) is 0 Å². The van der Waals surface area contributed by atoms with E-state index in [9.17, 15) is 14.7 Å². The number of carbonyl (C=O) groups is 2. The summed E-state index contributed by atoms with van der Waals surface area (Å²) in [6.07, 6.45) is 1.66. The van der Waals surface area contributed by atoms with Crippen molar-refractivity contribution in [1.29, 1.82) is 0 Å². The number of hydrogen-bond donors (Lipinski definition) is 3. The Kier molecular flexibility index (Phi) is 8.83. The van der Waals surface area contributed by atoms with Crippen LogP contribution in [0.3, 0.4) is 0 Å². The van der Waals surface area contributed by atoms with Gasteiger partial charge in [-0.05, 0) is 48.9 Å². The summed E-state index contributed by atoms with van der Waals surface area (Å²) in [5.74, 6) is 0.559. The number of nitrogens with one attached hydrogen (secondary N) is 2. The van der Waals surface area contributed by atoms with Crippen LogP contribution in [0.25, 0.3) is 0 Å². The number of thioether (sulfide) groups is 1. The molecule has 1 heterocycles. The third kappa shape index (κ3) is 6.46. The molecule has 0 spiro atoms. The van der Waals surface area contributed by atoms with E-state index in [2.05, 4.69) is 27.4 Å². The number of aliphatic hydroxyl groups excluding tert-OH is 1. The Balaban J connectivity index is 1.69. The molecule has 2 amide bonds. The van der Waals surface area contributed by atoms with Crippen LogP contribution >= 0.6 is 11.8 Å². The minimum absolute atomic E-state index is 0.116. The zero-order valence-corrected chi connectivity index (χ0v) is 19.8. The summed E-state index contributed by atoms with van der Waals surface area (Å²) in [6.45, 7) is 5.68. The number of methoxy groups -OCH3 is 1. The Morgan fingerprint density at radius 2 is 2.00 bits per heavy atom. The Morgan fingerprint density at radius 1 is 1.24 bits per heavy atom. The number of nitrogens with zero attached hydrogens (tertiary/aromatic N) is 3. The summed E-state index contributed by atoms with van der Waals surface area (Å²) < 4.78 is 6.83. The van der Waals surface area contributed by atoms with Gasteiger partial charge in [0, 0.05) is 17.8 Å². The highest BCUT2D eigenvalue weighted by molar-refractivity contribution is 7.99. The first-order valence-electron chi connectivity index (χ1n) is 10.5. The molecule has 0 bridgehead atoms. The topological polar surface area (TPSA) is 118 Å². The zero-order chi connectivity index (χ0) is 24.5. The number of aryl methyl sites for hydroxylation is 1. The Bertz CT molecular complexity index is 1150. The monoisotopic (exact) mass is 481 g/mol. The first-order chi connectivity index (χ1) is 16.4. The highest BCUT2D eigenvalue weighted by Gasteiger charge is 2.23. The predicted molar refractivity (Wildman–Crippen MR) is 131 cm³/mol. The van der Waals surface area contributed by atoms with Crippen LogP contribution in [0, 0.1) is 6.92 Å². The molecule has 3 N–H and O–H groups in total. The van der Waals surface area contributed by atoms with Crippen LogP contribution in [-0.4, -0.2) is 51.2 Å². The van der Waals surface area contributed by atoms with E-state index in [-0.39, 0.29) is 24.2 Å². The third-order valence-electron chi connectivity index (χ3n) is 4.84. The molecule has 3 aromatic rings. The maximum atomic E-state index is 12.7. The van der Waals surface area contributed by atoms with Crippen molar-refractivity contribution in [3.8, 4) is 5.75 Å². The summed E-state index contributed by atoms with van der Waals surface area (Å²) in [6, 6.07) is 13.4. The van der Waals surface area contributed by atoms with Crippen molar-refractivity contribution in [3.05, 3.63) is 78.1 Å². The molecule has 0 saturated carbocycles. The van der Waals surface area contributed by atoms with Gasteiger partial charge in [-0.2, -0.15) is 0 Å². The summed E-state index contributed by atoms with van der Waals surface area (Å²) in [5.41, 5.74) is 2.18. The van der Waals surface area contributed by atoms with E-state index < -0.39 is 6.04 Å². The second-order valence-corrected chi connectivity index (χ2v) is 8.33. The van der Waals surface area contributed by atoms with Crippen LogP contribution in [0.1, 0.15) is 27.8 Å². The summed E-state index contributed by atoms with van der Waals surface area (Å²) >= 11 is 1.21. The van der Waals surface area contributed by atoms with Crippen LogP contribution in [0.2, 0.25) is 0 Å². The number of carbonyl (C=O) groups excluding carboxylic acids is 2. The van der Waals surface area contributed by atoms with E-state index in [0.29, 0.717) is 28.8 Å². The number of amides is 2. The van der Waals surface area contributed by atoms with Gasteiger partial charge in [-0.1, -0.05) is 30.0 Å². The van der Waals surface area contributed by atoms with Crippen LogP contribution < -0.4 is 15.4 Å². The molecule has 9 nitrogen and oxygen atoms in total. The van der Waals surface area contributed by atoms with Crippen LogP contribution in [0.4, 0.5) is 5.69 Å². The number of aliphatic hydroxyl groups is 1. The van der Waals surface area contributed by atoms with Crippen molar-refractivity contribution in [1.82, 2.24) is 20.1 Å². The highest BCUT2D eigenvalue weighted by Crippen LogP contribution is 2.22. The second kappa shape index (κ2) is 12.0. The molecule has 0 aliphatic carbocycles. The molecule has 3 rings (SSSR count). The molecular weight excluding hydrogens is 454 g/mol. The fraction of sp³-hybridized carbons (Fsp3) is 0.250. The largest absolute Gasteiger partial charge is 0.497 e. The van der Waals surface area contributed by atoms with Gasteiger partial charge in [0.05, 0.1) is 19.5 Å². The molecule has 0 aliphatic rings. The lowest BCUT2D eigenvalue weighted by Crippen LogP contribution is -2.33. The quantitative estimate of drug-likeness (QED) is 0.285. The normalized spacial score (nSPS) is 11.5. The van der Waals surface area contributed by atoms with Crippen molar-refractivity contribution >= 4 is 29.3 Å². The van der Waals surface area contributed by atoms with Gasteiger partial charge in [-0.3, -0.25) is 9.59 Å². The Morgan fingerprint density at radius 3 is 2.65 bits per heavy atom. The number of aromatic nitrogens is 3. The van der Waals surface area contributed by atoms with Gasteiger partial charge in [0.2, 0.25) is 5.91 Å². The molecule has 0 radical (unpaired) electrons. The third-order valence-corrected chi connectivity index (χ3v) is 5.81. The van der Waals surface area contributed by atoms with E-state index in [1.165, 1.54) is 11.8 Å². The smallest absolute Gasteiger partial charge is 0.251 e. The standard InChI is InChI=1S/C24H27N5O4S/c1-4-12-29-22(20(14-30)26-23(32)17-8-10-19(33-3)11-9-17)27-28-24(29)34-15-21(31)25-18-7-5-6-16(2)13-18/h4-11,13,20,30H,1,12,14-15H2,2-3H3,(H,25,31)(H,26,32)/t20-/m1/s1. The molecule has 0 fully saturated rings. The molecule has 34 heavy (non-hydrogen) atoms. The van der Waals surface area contributed by atoms with E-state index in [1.54, 1.807) is 42.0 Å². The van der Waals surface area contributed by atoms with Gasteiger partial charge in [0.15, 0.2) is 11.0 Å². The SMILES string of the molecule is C=CCn1c(SCC(=O)Nc2cccc(C)c2)nnc1[C@@H](CO)NC(=O)c1ccc(OC)cc1. The first-order valence-corrected chi connectivity index (χ1v) is 11.5. The molecular formula is C24H27N5O4S. The molecule has 2 aromatic carbocycles. The number of ether oxygens (including phenoxy) is 1. The van der Waals surface area contributed by atoms with E-state index in [4.69, 9.17) is 4.74 Å². The van der Waals surface area contributed by atoms with Crippen molar-refractivity contribution in [2.75, 3.05) is 24.8 Å². The number of anilines is 1. The predicted octanol–water partition coefficient (Wildman–Crippen LogP) is 2.98. The van der Waals surface area contributed by atoms with Gasteiger partial charge >= 0.3 is 0 Å². The van der Waals surface area contributed by atoms with Gasteiger partial charge in [0.1, 0.15) is 11.8 Å². The van der Waals surface area contributed by atoms with Crippen LogP contribution in [0.15, 0.2) is 66.3 Å². The average Bonchev–Trinajstić information content (AvgIpc) is 3.23. The van der Waals surface area contributed by atoms with Crippen LogP contribution in [-0.2, 0) is 11.3 Å². The highest BCUT2D eigenvalue weighted by atomic mass is 32.2. The van der Waals surface area contributed by atoms with Gasteiger partial charge in [-0.15, -0.1) is 16.8 Å². The minimum atomic E-state index is -0.794. The van der Waals surface area contributed by atoms with Gasteiger partial charge in [0.25, 0.3) is 5.91 Å². The average molecular weight is 482 g/mol. The lowest BCUT2D eigenvalue weighted by molar-refractivity contribution is -0.113. The molecule has 0 aliphatic heterocycles. The van der Waals surface area contributed by atoms with Crippen molar-refractivity contribution in [3.63, 3.8) is 0 Å². The molecule has 178 valence electrons. The Hall–Kier alpha value is -3.63. The fourth-order valence-corrected chi connectivity index (χ4v) is 3.95. The van der Waals surface area contributed by atoms with Crippen LogP contribution in [0.5, 0.6) is 5.75 Å². The minimum Gasteiger partial charge on any atom is -0.497 e. The number of rotatable bonds is 11.